The van der Waals surface area contributed by atoms with Crippen LogP contribution in [0.15, 0.2) is 18.2 Å². The van der Waals surface area contributed by atoms with Crippen molar-refractivity contribution in [1.29, 1.82) is 0 Å². The molecule has 0 aromatic heterocycles. The number of hydrogen-bond donors (Lipinski definition) is 2. The van der Waals surface area contributed by atoms with Crippen molar-refractivity contribution in [1.82, 2.24) is 10.4 Å². The van der Waals surface area contributed by atoms with Crippen LogP contribution < -0.4 is 10.7 Å². The van der Waals surface area contributed by atoms with Crippen molar-refractivity contribution in [3.8, 4) is 0 Å². The molecule has 19 heavy (non-hydrogen) atoms. The molecule has 0 spiro atoms. The van der Waals surface area contributed by atoms with Crippen LogP contribution in [-0.4, -0.2) is 23.6 Å². The van der Waals surface area contributed by atoms with Gasteiger partial charge in [-0.25, -0.2) is 5.01 Å². The summed E-state index contributed by atoms with van der Waals surface area (Å²) in [6.45, 7) is 6.68. The second-order valence-electron chi connectivity index (χ2n) is 6.00. The van der Waals surface area contributed by atoms with Gasteiger partial charge in [0.1, 0.15) is 0 Å². The average Bonchev–Trinajstić information content (AvgIpc) is 2.87. The maximum Gasteiger partial charge on any atom is 0.0419 e. The van der Waals surface area contributed by atoms with Crippen LogP contribution >= 0.6 is 0 Å². The number of fused-ring (bicyclic) bond motifs is 1. The molecule has 0 radical (unpaired) electrons. The van der Waals surface area contributed by atoms with Gasteiger partial charge in [0.05, 0.1) is 0 Å². The molecular weight excluding hydrogens is 234 g/mol. The lowest BCUT2D eigenvalue weighted by Gasteiger charge is -2.39. The highest BCUT2D eigenvalue weighted by Crippen LogP contribution is 2.27. The van der Waals surface area contributed by atoms with E-state index in [1.807, 2.05) is 0 Å². The summed E-state index contributed by atoms with van der Waals surface area (Å²) in [4.78, 5) is 0. The maximum absolute atomic E-state index is 3.66. The van der Waals surface area contributed by atoms with Gasteiger partial charge in [0, 0.05) is 30.9 Å². The summed E-state index contributed by atoms with van der Waals surface area (Å²) in [5.74, 6) is 0. The summed E-state index contributed by atoms with van der Waals surface area (Å²) in [7, 11) is 0. The standard InChI is InChI=1S/C16H25N3/c1-12-5-3-6-13(2)19(12)18-11-15-8-4-7-14-9-10-17-16(14)15/h4,7-8,12-13,17-18H,3,5-6,9-11H2,1-2H3. The summed E-state index contributed by atoms with van der Waals surface area (Å²) >= 11 is 0. The van der Waals surface area contributed by atoms with Gasteiger partial charge in [0.15, 0.2) is 0 Å². The highest BCUT2D eigenvalue weighted by Gasteiger charge is 2.24. The van der Waals surface area contributed by atoms with Crippen molar-refractivity contribution < 1.29 is 0 Å². The van der Waals surface area contributed by atoms with Crippen LogP contribution in [0, 0.1) is 0 Å². The molecule has 2 unspecified atom stereocenters. The van der Waals surface area contributed by atoms with E-state index in [1.165, 1.54) is 42.5 Å². The fourth-order valence-electron chi connectivity index (χ4n) is 3.47. The van der Waals surface area contributed by atoms with E-state index < -0.39 is 0 Å². The van der Waals surface area contributed by atoms with E-state index in [-0.39, 0.29) is 0 Å². The zero-order valence-corrected chi connectivity index (χ0v) is 12.1. The minimum atomic E-state index is 0.647. The Morgan fingerprint density at radius 1 is 1.26 bits per heavy atom. The Bertz CT molecular complexity index is 434. The number of nitrogens with one attached hydrogen (secondary N) is 2. The lowest BCUT2D eigenvalue weighted by atomic mass is 10.00. The van der Waals surface area contributed by atoms with E-state index in [1.54, 1.807) is 0 Å². The molecule has 0 saturated carbocycles. The quantitative estimate of drug-likeness (QED) is 0.874. The topological polar surface area (TPSA) is 27.3 Å². The number of piperidine rings is 1. The zero-order valence-electron chi connectivity index (χ0n) is 12.1. The molecule has 3 rings (SSSR count). The Hall–Kier alpha value is -1.06. The van der Waals surface area contributed by atoms with Crippen LogP contribution in [0.1, 0.15) is 44.2 Å². The summed E-state index contributed by atoms with van der Waals surface area (Å²) in [5, 5.41) is 5.98. The Labute approximate surface area is 116 Å². The van der Waals surface area contributed by atoms with Gasteiger partial charge in [-0.1, -0.05) is 24.6 Å². The molecule has 1 aromatic carbocycles. The van der Waals surface area contributed by atoms with Gasteiger partial charge < -0.3 is 5.32 Å². The van der Waals surface area contributed by atoms with E-state index in [9.17, 15) is 0 Å². The molecular formula is C16H25N3. The molecule has 104 valence electrons. The SMILES string of the molecule is CC1CCCC(C)N1NCc1cccc2c1NCC2. The molecule has 2 heterocycles. The lowest BCUT2D eigenvalue weighted by Crippen LogP contribution is -2.51. The van der Waals surface area contributed by atoms with E-state index in [4.69, 9.17) is 0 Å². The van der Waals surface area contributed by atoms with Crippen LogP contribution in [0.2, 0.25) is 0 Å². The first kappa shape index (κ1) is 12.9. The number of hydrazine groups is 1. The Kier molecular flexibility index (Phi) is 3.76. The average molecular weight is 259 g/mol. The van der Waals surface area contributed by atoms with Crippen LogP contribution in [0.3, 0.4) is 0 Å². The van der Waals surface area contributed by atoms with Gasteiger partial charge in [-0.15, -0.1) is 0 Å². The lowest BCUT2D eigenvalue weighted by molar-refractivity contribution is 0.0436. The third-order valence-corrected chi connectivity index (χ3v) is 4.58. The van der Waals surface area contributed by atoms with Crippen LogP contribution in [-0.2, 0) is 13.0 Å². The molecule has 0 bridgehead atoms. The van der Waals surface area contributed by atoms with Crippen LogP contribution in [0.5, 0.6) is 0 Å². The van der Waals surface area contributed by atoms with Gasteiger partial charge in [-0.3, -0.25) is 5.43 Å². The molecule has 2 aliphatic heterocycles. The van der Waals surface area contributed by atoms with Crippen molar-refractivity contribution >= 4 is 5.69 Å². The van der Waals surface area contributed by atoms with Crippen molar-refractivity contribution in [2.75, 3.05) is 11.9 Å². The second kappa shape index (κ2) is 5.51. The van der Waals surface area contributed by atoms with E-state index in [0.29, 0.717) is 12.1 Å². The predicted octanol–water partition coefficient (Wildman–Crippen LogP) is 2.92. The number of anilines is 1. The monoisotopic (exact) mass is 259 g/mol. The van der Waals surface area contributed by atoms with E-state index in [2.05, 4.69) is 47.8 Å². The predicted molar refractivity (Wildman–Crippen MR) is 80.1 cm³/mol. The Morgan fingerprint density at radius 2 is 2.05 bits per heavy atom. The van der Waals surface area contributed by atoms with Crippen LogP contribution in [0.25, 0.3) is 0 Å². The number of para-hydroxylation sites is 1. The Balaban J connectivity index is 1.67. The number of nitrogens with zero attached hydrogens (tertiary/aromatic N) is 1. The molecule has 2 atom stereocenters. The summed E-state index contributed by atoms with van der Waals surface area (Å²) in [5.41, 5.74) is 7.90. The van der Waals surface area contributed by atoms with Gasteiger partial charge in [0.25, 0.3) is 0 Å². The Morgan fingerprint density at radius 3 is 2.84 bits per heavy atom. The molecule has 2 aliphatic rings. The molecule has 1 aromatic rings. The van der Waals surface area contributed by atoms with E-state index >= 15 is 0 Å². The van der Waals surface area contributed by atoms with E-state index in [0.717, 1.165) is 13.1 Å². The maximum atomic E-state index is 3.66. The molecule has 0 amide bonds. The second-order valence-corrected chi connectivity index (χ2v) is 6.00. The third kappa shape index (κ3) is 2.63. The van der Waals surface area contributed by atoms with Gasteiger partial charge in [-0.05, 0) is 44.2 Å². The zero-order chi connectivity index (χ0) is 13.2. The minimum Gasteiger partial charge on any atom is -0.384 e. The van der Waals surface area contributed by atoms with Crippen molar-refractivity contribution in [3.05, 3.63) is 29.3 Å². The summed E-state index contributed by atoms with van der Waals surface area (Å²) < 4.78 is 0. The largest absolute Gasteiger partial charge is 0.384 e. The highest BCUT2D eigenvalue weighted by molar-refractivity contribution is 5.61. The van der Waals surface area contributed by atoms with Crippen molar-refractivity contribution in [3.63, 3.8) is 0 Å². The smallest absolute Gasteiger partial charge is 0.0419 e. The normalized spacial score (nSPS) is 27.1. The van der Waals surface area contributed by atoms with Crippen molar-refractivity contribution in [2.45, 2.75) is 58.2 Å². The van der Waals surface area contributed by atoms with Gasteiger partial charge in [0.2, 0.25) is 0 Å². The summed E-state index contributed by atoms with van der Waals surface area (Å²) in [6, 6.07) is 7.96. The first-order valence-corrected chi connectivity index (χ1v) is 7.62. The fraction of sp³-hybridized carbons (Fsp3) is 0.625. The molecule has 3 heteroatoms. The fourth-order valence-corrected chi connectivity index (χ4v) is 3.47. The first-order chi connectivity index (χ1) is 9.25. The third-order valence-electron chi connectivity index (χ3n) is 4.58. The highest BCUT2D eigenvalue weighted by atomic mass is 15.5. The molecule has 0 aliphatic carbocycles. The van der Waals surface area contributed by atoms with Crippen LogP contribution in [0.4, 0.5) is 5.69 Å². The number of hydrogen-bond acceptors (Lipinski definition) is 3. The minimum absolute atomic E-state index is 0.647. The molecule has 1 saturated heterocycles. The number of benzene rings is 1. The number of rotatable bonds is 3. The van der Waals surface area contributed by atoms with Gasteiger partial charge >= 0.3 is 0 Å². The molecule has 2 N–H and O–H groups in total. The molecule has 1 fully saturated rings. The summed E-state index contributed by atoms with van der Waals surface area (Å²) in [6.07, 6.45) is 5.15. The first-order valence-electron chi connectivity index (χ1n) is 7.62. The van der Waals surface area contributed by atoms with Crippen molar-refractivity contribution in [2.24, 2.45) is 0 Å². The molecule has 3 nitrogen and oxygen atoms in total. The van der Waals surface area contributed by atoms with Gasteiger partial charge in [-0.2, -0.15) is 0 Å².